The van der Waals surface area contributed by atoms with Crippen molar-refractivity contribution in [3.8, 4) is 0 Å². The highest BCUT2D eigenvalue weighted by molar-refractivity contribution is 7.98. The number of guanidine groups is 1. The average Bonchev–Trinajstić information content (AvgIpc) is 2.77. The Morgan fingerprint density at radius 3 is 2.65 bits per heavy atom. The van der Waals surface area contributed by atoms with Crippen molar-refractivity contribution < 1.29 is 8.42 Å². The van der Waals surface area contributed by atoms with Crippen molar-refractivity contribution >= 4 is 45.1 Å². The van der Waals surface area contributed by atoms with Gasteiger partial charge in [0.1, 0.15) is 11.9 Å². The molecule has 0 bridgehead atoms. The summed E-state index contributed by atoms with van der Waals surface area (Å²) in [5.74, 6) is 0.506. The highest BCUT2D eigenvalue weighted by atomic mass is 32.2. The van der Waals surface area contributed by atoms with E-state index in [1.54, 1.807) is 5.51 Å². The van der Waals surface area contributed by atoms with Crippen molar-refractivity contribution in [2.75, 3.05) is 5.75 Å². The Kier molecular flexibility index (Phi) is 6.19. The van der Waals surface area contributed by atoms with Crippen LogP contribution in [0.25, 0.3) is 0 Å². The van der Waals surface area contributed by atoms with Crippen molar-refractivity contribution in [3.63, 3.8) is 0 Å². The second-order valence-electron chi connectivity index (χ2n) is 3.60. The van der Waals surface area contributed by atoms with Crippen LogP contribution in [0.5, 0.6) is 0 Å². The Hall–Kier alpha value is -1.37. The van der Waals surface area contributed by atoms with Gasteiger partial charge >= 0.3 is 10.2 Å². The van der Waals surface area contributed by atoms with Crippen LogP contribution in [-0.2, 0) is 16.0 Å². The normalized spacial score (nSPS) is 13.9. The first-order valence-electron chi connectivity index (χ1n) is 5.19. The fourth-order valence-electron chi connectivity index (χ4n) is 1.16. The van der Waals surface area contributed by atoms with E-state index in [1.165, 1.54) is 23.1 Å². The summed E-state index contributed by atoms with van der Waals surface area (Å²) < 4.78 is 24.9. The molecule has 1 heterocycles. The monoisotopic (exact) mass is 337 g/mol. The van der Waals surface area contributed by atoms with Gasteiger partial charge in [-0.05, 0) is 0 Å². The molecule has 8 N–H and O–H groups in total. The van der Waals surface area contributed by atoms with Gasteiger partial charge in [-0.3, -0.25) is 0 Å². The van der Waals surface area contributed by atoms with E-state index >= 15 is 0 Å². The third kappa shape index (κ3) is 6.70. The quantitative estimate of drug-likeness (QED) is 0.348. The lowest BCUT2D eigenvalue weighted by Gasteiger charge is -2.11. The minimum Gasteiger partial charge on any atom is -0.385 e. The van der Waals surface area contributed by atoms with Gasteiger partial charge in [0, 0.05) is 16.9 Å². The zero-order valence-corrected chi connectivity index (χ0v) is 12.8. The molecular weight excluding hydrogens is 322 g/mol. The Balaban J connectivity index is 2.70. The minimum absolute atomic E-state index is 0.211. The molecule has 0 spiro atoms. The molecule has 20 heavy (non-hydrogen) atoms. The number of rotatable bonds is 7. The predicted octanol–water partition coefficient (Wildman–Crippen LogP) is -1.42. The molecule has 1 aromatic heterocycles. The molecule has 0 aromatic carbocycles. The fraction of sp³-hybridized carbons (Fsp3) is 0.375. The van der Waals surface area contributed by atoms with Crippen LogP contribution in [-0.4, -0.2) is 37.0 Å². The number of nitrogens with zero attached hydrogens (tertiary/aromatic N) is 3. The summed E-state index contributed by atoms with van der Waals surface area (Å²) in [6.07, 6.45) is 0. The third-order valence-electron chi connectivity index (χ3n) is 1.89. The van der Waals surface area contributed by atoms with Crippen LogP contribution in [0.15, 0.2) is 20.3 Å². The van der Waals surface area contributed by atoms with Gasteiger partial charge in [-0.1, -0.05) is 0 Å². The smallest absolute Gasteiger partial charge is 0.318 e. The maximum Gasteiger partial charge on any atom is 0.318 e. The summed E-state index contributed by atoms with van der Waals surface area (Å²) >= 11 is 2.93. The number of thiazole rings is 1. The van der Waals surface area contributed by atoms with Crippen LogP contribution in [0, 0.1) is 0 Å². The molecule has 1 unspecified atom stereocenters. The average molecular weight is 337 g/mol. The second kappa shape index (κ2) is 7.42. The lowest BCUT2D eigenvalue weighted by atomic mass is 10.3. The van der Waals surface area contributed by atoms with Gasteiger partial charge in [0.15, 0.2) is 5.96 Å². The summed E-state index contributed by atoms with van der Waals surface area (Å²) in [7, 11) is -4.08. The van der Waals surface area contributed by atoms with Crippen LogP contribution in [0.1, 0.15) is 5.69 Å². The SMILES string of the molecule is NC(N)=NC(CSCc1cscn1)C(N)=NS(N)(=O)=O. The van der Waals surface area contributed by atoms with Gasteiger partial charge in [0.25, 0.3) is 0 Å². The molecule has 0 saturated carbocycles. The number of hydrogen-bond donors (Lipinski definition) is 4. The molecule has 0 aliphatic heterocycles. The molecule has 0 saturated heterocycles. The van der Waals surface area contributed by atoms with E-state index in [2.05, 4.69) is 14.4 Å². The molecule has 0 amide bonds. The molecule has 1 rings (SSSR count). The van der Waals surface area contributed by atoms with E-state index in [-0.39, 0.29) is 11.8 Å². The maximum atomic E-state index is 10.9. The molecule has 9 nitrogen and oxygen atoms in total. The maximum absolute atomic E-state index is 10.9. The Morgan fingerprint density at radius 1 is 1.45 bits per heavy atom. The topological polar surface area (TPSA) is 176 Å². The lowest BCUT2D eigenvalue weighted by molar-refractivity contribution is 0.599. The van der Waals surface area contributed by atoms with E-state index in [4.69, 9.17) is 22.3 Å². The second-order valence-corrected chi connectivity index (χ2v) is 6.56. The van der Waals surface area contributed by atoms with Crippen molar-refractivity contribution in [2.24, 2.45) is 31.7 Å². The number of nitrogens with two attached hydrogens (primary N) is 4. The first kappa shape index (κ1) is 16.7. The number of hydrogen-bond acceptors (Lipinski definition) is 6. The van der Waals surface area contributed by atoms with Crippen molar-refractivity contribution in [3.05, 3.63) is 16.6 Å². The Morgan fingerprint density at radius 2 is 2.15 bits per heavy atom. The first-order chi connectivity index (χ1) is 9.28. The highest BCUT2D eigenvalue weighted by Crippen LogP contribution is 2.14. The van der Waals surface area contributed by atoms with Gasteiger partial charge < -0.3 is 17.2 Å². The molecule has 0 aliphatic rings. The van der Waals surface area contributed by atoms with Gasteiger partial charge in [-0.25, -0.2) is 15.1 Å². The number of thioether (sulfide) groups is 1. The molecule has 1 atom stereocenters. The molecule has 112 valence electrons. The molecule has 0 aliphatic carbocycles. The van der Waals surface area contributed by atoms with E-state index < -0.39 is 16.3 Å². The zero-order chi connectivity index (χ0) is 15.2. The molecule has 0 fully saturated rings. The fourth-order valence-corrected chi connectivity index (χ4v) is 3.19. The molecular formula is C8H15N7O2S3. The van der Waals surface area contributed by atoms with E-state index in [9.17, 15) is 8.42 Å². The lowest BCUT2D eigenvalue weighted by Crippen LogP contribution is -2.35. The largest absolute Gasteiger partial charge is 0.385 e. The number of amidine groups is 1. The van der Waals surface area contributed by atoms with Crippen LogP contribution >= 0.6 is 23.1 Å². The van der Waals surface area contributed by atoms with E-state index in [0.717, 1.165) is 5.69 Å². The number of aromatic nitrogens is 1. The van der Waals surface area contributed by atoms with Gasteiger partial charge in [0.2, 0.25) is 0 Å². The molecule has 0 radical (unpaired) electrons. The van der Waals surface area contributed by atoms with Gasteiger partial charge in [-0.15, -0.1) is 15.7 Å². The highest BCUT2D eigenvalue weighted by Gasteiger charge is 2.15. The molecule has 1 aromatic rings. The Bertz CT molecular complexity index is 577. The van der Waals surface area contributed by atoms with Gasteiger partial charge in [0.05, 0.1) is 11.2 Å². The summed E-state index contributed by atoms with van der Waals surface area (Å²) in [4.78, 5) is 7.95. The Labute approximate surface area is 124 Å². The summed E-state index contributed by atoms with van der Waals surface area (Å²) in [6.45, 7) is 0. The summed E-state index contributed by atoms with van der Waals surface area (Å²) in [5.41, 5.74) is 18.7. The third-order valence-corrected chi connectivity index (χ3v) is 4.04. The molecule has 12 heteroatoms. The van der Waals surface area contributed by atoms with E-state index in [0.29, 0.717) is 11.5 Å². The van der Waals surface area contributed by atoms with Crippen molar-refractivity contribution in [2.45, 2.75) is 11.8 Å². The summed E-state index contributed by atoms with van der Waals surface area (Å²) in [6, 6.07) is -0.762. The van der Waals surface area contributed by atoms with Gasteiger partial charge in [-0.2, -0.15) is 20.2 Å². The number of aliphatic imine (C=N–C) groups is 1. The van der Waals surface area contributed by atoms with Crippen molar-refractivity contribution in [1.82, 2.24) is 4.98 Å². The van der Waals surface area contributed by atoms with Crippen LogP contribution in [0.3, 0.4) is 0 Å². The van der Waals surface area contributed by atoms with Crippen molar-refractivity contribution in [1.29, 1.82) is 0 Å². The minimum atomic E-state index is -4.08. The predicted molar refractivity (Wildman–Crippen MR) is 82.6 cm³/mol. The van der Waals surface area contributed by atoms with Crippen LogP contribution in [0.4, 0.5) is 0 Å². The zero-order valence-electron chi connectivity index (χ0n) is 10.3. The van der Waals surface area contributed by atoms with E-state index in [1.807, 2.05) is 5.38 Å². The van der Waals surface area contributed by atoms with Crippen LogP contribution in [0.2, 0.25) is 0 Å². The summed E-state index contributed by atoms with van der Waals surface area (Å²) in [5, 5.41) is 6.70. The first-order valence-corrected chi connectivity index (χ1v) is 8.79. The van der Waals surface area contributed by atoms with Crippen LogP contribution < -0.4 is 22.3 Å². The standard InChI is InChI=1S/C8H15N7O2S3/c9-7(15-20(12,16)17)6(14-8(10)11)3-18-1-5-2-19-4-13-5/h2,4,6H,1,3H2,(H2,9,15)(H4,10,11,14)(H2,12,16,17).